The zero-order valence-corrected chi connectivity index (χ0v) is 13.4. The van der Waals surface area contributed by atoms with Gasteiger partial charge < -0.3 is 16.0 Å². The van der Waals surface area contributed by atoms with Gasteiger partial charge >= 0.3 is 0 Å². The normalized spacial score (nSPS) is 11.4. The molecular formula is C12H29Cl2N3O. The molecule has 112 valence electrons. The summed E-state index contributed by atoms with van der Waals surface area (Å²) in [4.78, 5) is 13.7. The van der Waals surface area contributed by atoms with Crippen LogP contribution in [0.1, 0.15) is 40.0 Å². The van der Waals surface area contributed by atoms with E-state index in [1.807, 2.05) is 6.92 Å². The highest BCUT2D eigenvalue weighted by Gasteiger charge is 2.04. The maximum atomic E-state index is 11.4. The lowest BCUT2D eigenvalue weighted by atomic mass is 10.2. The number of hydrogen-bond donors (Lipinski definition) is 2. The molecule has 0 aromatic rings. The van der Waals surface area contributed by atoms with Crippen molar-refractivity contribution in [1.82, 2.24) is 10.2 Å². The number of nitrogens with two attached hydrogens (primary N) is 1. The molecule has 18 heavy (non-hydrogen) atoms. The minimum absolute atomic E-state index is 0. The van der Waals surface area contributed by atoms with Gasteiger partial charge in [0.1, 0.15) is 0 Å². The largest absolute Gasteiger partial charge is 0.355 e. The minimum atomic E-state index is 0. The van der Waals surface area contributed by atoms with E-state index in [2.05, 4.69) is 24.1 Å². The van der Waals surface area contributed by atoms with E-state index in [4.69, 9.17) is 5.73 Å². The van der Waals surface area contributed by atoms with Gasteiger partial charge in [-0.3, -0.25) is 4.79 Å². The fraction of sp³-hybridized carbons (Fsp3) is 0.917. The van der Waals surface area contributed by atoms with Gasteiger partial charge in [-0.15, -0.1) is 24.8 Å². The van der Waals surface area contributed by atoms with Crippen molar-refractivity contribution in [3.8, 4) is 0 Å². The van der Waals surface area contributed by atoms with Crippen molar-refractivity contribution in [2.75, 3.05) is 26.2 Å². The van der Waals surface area contributed by atoms with Gasteiger partial charge in [0.15, 0.2) is 0 Å². The van der Waals surface area contributed by atoms with Crippen LogP contribution in [0.3, 0.4) is 0 Å². The molecule has 0 aromatic carbocycles. The SMILES string of the molecule is CCCN(CC)CCNC(=O)CCC(C)N.Cl.Cl. The van der Waals surface area contributed by atoms with Gasteiger partial charge in [0.2, 0.25) is 5.91 Å². The summed E-state index contributed by atoms with van der Waals surface area (Å²) >= 11 is 0. The van der Waals surface area contributed by atoms with Crippen LogP contribution in [0, 0.1) is 0 Å². The van der Waals surface area contributed by atoms with Crippen LogP contribution in [0.25, 0.3) is 0 Å². The first-order chi connectivity index (χ1) is 7.60. The number of halogens is 2. The first kappa shape index (κ1) is 23.1. The van der Waals surface area contributed by atoms with E-state index in [-0.39, 0.29) is 36.8 Å². The highest BCUT2D eigenvalue weighted by Crippen LogP contribution is 1.93. The molecule has 0 saturated heterocycles. The second-order valence-electron chi connectivity index (χ2n) is 4.30. The van der Waals surface area contributed by atoms with Crippen molar-refractivity contribution in [1.29, 1.82) is 0 Å². The molecule has 0 saturated carbocycles. The van der Waals surface area contributed by atoms with Crippen LogP contribution >= 0.6 is 24.8 Å². The van der Waals surface area contributed by atoms with E-state index >= 15 is 0 Å². The Morgan fingerprint density at radius 3 is 2.33 bits per heavy atom. The quantitative estimate of drug-likeness (QED) is 0.683. The van der Waals surface area contributed by atoms with E-state index < -0.39 is 0 Å². The third-order valence-corrected chi connectivity index (χ3v) is 2.56. The average molecular weight is 302 g/mol. The molecule has 0 aliphatic carbocycles. The summed E-state index contributed by atoms with van der Waals surface area (Å²) < 4.78 is 0. The Morgan fingerprint density at radius 1 is 1.28 bits per heavy atom. The molecule has 1 atom stereocenters. The molecule has 0 heterocycles. The lowest BCUT2D eigenvalue weighted by Gasteiger charge is -2.19. The van der Waals surface area contributed by atoms with Crippen LogP contribution in [-0.2, 0) is 4.79 Å². The lowest BCUT2D eigenvalue weighted by molar-refractivity contribution is -0.121. The third-order valence-electron chi connectivity index (χ3n) is 2.56. The number of nitrogens with one attached hydrogen (secondary N) is 1. The van der Waals surface area contributed by atoms with Crippen molar-refractivity contribution in [2.45, 2.75) is 46.1 Å². The van der Waals surface area contributed by atoms with Crippen molar-refractivity contribution < 1.29 is 4.79 Å². The molecule has 0 aliphatic heterocycles. The van der Waals surface area contributed by atoms with E-state index in [0.29, 0.717) is 6.42 Å². The molecule has 6 heteroatoms. The summed E-state index contributed by atoms with van der Waals surface area (Å²) in [6.45, 7) is 10.1. The van der Waals surface area contributed by atoms with Crippen LogP contribution in [-0.4, -0.2) is 43.0 Å². The van der Waals surface area contributed by atoms with Crippen molar-refractivity contribution in [3.63, 3.8) is 0 Å². The third kappa shape index (κ3) is 14.0. The molecule has 0 bridgehead atoms. The highest BCUT2D eigenvalue weighted by molar-refractivity contribution is 5.85. The Morgan fingerprint density at radius 2 is 1.89 bits per heavy atom. The lowest BCUT2D eigenvalue weighted by Crippen LogP contribution is -2.35. The molecule has 0 aliphatic rings. The summed E-state index contributed by atoms with van der Waals surface area (Å²) in [7, 11) is 0. The fourth-order valence-electron chi connectivity index (χ4n) is 1.54. The van der Waals surface area contributed by atoms with Gasteiger partial charge in [-0.05, 0) is 32.9 Å². The topological polar surface area (TPSA) is 58.4 Å². The Balaban J connectivity index is -0.00000112. The summed E-state index contributed by atoms with van der Waals surface area (Å²) in [6, 6.07) is 0.109. The van der Waals surface area contributed by atoms with Crippen molar-refractivity contribution in [3.05, 3.63) is 0 Å². The number of nitrogens with zero attached hydrogens (tertiary/aromatic N) is 1. The van der Waals surface area contributed by atoms with E-state index in [1.165, 1.54) is 0 Å². The number of rotatable bonds is 9. The van der Waals surface area contributed by atoms with Gasteiger partial charge in [-0.2, -0.15) is 0 Å². The fourth-order valence-corrected chi connectivity index (χ4v) is 1.54. The summed E-state index contributed by atoms with van der Waals surface area (Å²) in [6.07, 6.45) is 2.46. The van der Waals surface area contributed by atoms with Gasteiger partial charge in [0, 0.05) is 25.6 Å². The molecule has 0 radical (unpaired) electrons. The summed E-state index contributed by atoms with van der Waals surface area (Å²) in [5.41, 5.74) is 5.59. The number of likely N-dealkylation sites (N-methyl/N-ethyl adjacent to an activating group) is 1. The smallest absolute Gasteiger partial charge is 0.220 e. The average Bonchev–Trinajstić information content (AvgIpc) is 2.25. The van der Waals surface area contributed by atoms with Gasteiger partial charge in [-0.25, -0.2) is 0 Å². The number of carbonyl (C=O) groups excluding carboxylic acids is 1. The van der Waals surface area contributed by atoms with Crippen LogP contribution < -0.4 is 11.1 Å². The number of amides is 1. The first-order valence-corrected chi connectivity index (χ1v) is 6.34. The molecule has 0 fully saturated rings. The van der Waals surface area contributed by atoms with Crippen LogP contribution in [0.4, 0.5) is 0 Å². The van der Waals surface area contributed by atoms with Crippen LogP contribution in [0.15, 0.2) is 0 Å². The minimum Gasteiger partial charge on any atom is -0.355 e. The van der Waals surface area contributed by atoms with Crippen LogP contribution in [0.5, 0.6) is 0 Å². The first-order valence-electron chi connectivity index (χ1n) is 6.34. The standard InChI is InChI=1S/C12H27N3O.2ClH/c1-4-9-15(5-2)10-8-14-12(16)7-6-11(3)13;;/h11H,4-10,13H2,1-3H3,(H,14,16);2*1H. The second-order valence-corrected chi connectivity index (χ2v) is 4.30. The molecule has 1 unspecified atom stereocenters. The molecular weight excluding hydrogens is 273 g/mol. The predicted octanol–water partition coefficient (Wildman–Crippen LogP) is 1.81. The van der Waals surface area contributed by atoms with Gasteiger partial charge in [-0.1, -0.05) is 13.8 Å². The maximum Gasteiger partial charge on any atom is 0.220 e. The highest BCUT2D eigenvalue weighted by atomic mass is 35.5. The maximum absolute atomic E-state index is 11.4. The van der Waals surface area contributed by atoms with Crippen molar-refractivity contribution >= 4 is 30.7 Å². The molecule has 0 aromatic heterocycles. The summed E-state index contributed by atoms with van der Waals surface area (Å²) in [5, 5.41) is 2.93. The zero-order valence-electron chi connectivity index (χ0n) is 11.8. The predicted molar refractivity (Wildman–Crippen MR) is 82.8 cm³/mol. The Bertz CT molecular complexity index is 192. The van der Waals surface area contributed by atoms with E-state index in [0.717, 1.165) is 39.0 Å². The van der Waals surface area contributed by atoms with Gasteiger partial charge in [0.25, 0.3) is 0 Å². The Hall–Kier alpha value is -0.0300. The zero-order chi connectivity index (χ0) is 12.4. The summed E-state index contributed by atoms with van der Waals surface area (Å²) in [5.74, 6) is 0.116. The van der Waals surface area contributed by atoms with Crippen LogP contribution in [0.2, 0.25) is 0 Å². The number of hydrogen-bond acceptors (Lipinski definition) is 3. The molecule has 3 N–H and O–H groups in total. The molecule has 0 spiro atoms. The van der Waals surface area contributed by atoms with Gasteiger partial charge in [0.05, 0.1) is 0 Å². The molecule has 4 nitrogen and oxygen atoms in total. The second kappa shape index (κ2) is 15.0. The Kier molecular flexibility index (Phi) is 19.3. The molecule has 0 rings (SSSR count). The van der Waals surface area contributed by atoms with E-state index in [9.17, 15) is 4.79 Å². The van der Waals surface area contributed by atoms with E-state index in [1.54, 1.807) is 0 Å². The number of carbonyl (C=O) groups is 1. The molecule has 1 amide bonds. The van der Waals surface area contributed by atoms with Crippen molar-refractivity contribution in [2.24, 2.45) is 5.73 Å². The monoisotopic (exact) mass is 301 g/mol. The Labute approximate surface area is 124 Å².